The van der Waals surface area contributed by atoms with Crippen LogP contribution in [0.1, 0.15) is 0 Å². The van der Waals surface area contributed by atoms with Crippen molar-refractivity contribution in [3.05, 3.63) is 30.1 Å². The summed E-state index contributed by atoms with van der Waals surface area (Å²) >= 11 is 0. The summed E-state index contributed by atoms with van der Waals surface area (Å²) < 4.78 is 12.8. The maximum absolute atomic E-state index is 12.8. The van der Waals surface area contributed by atoms with Gasteiger partial charge in [0.1, 0.15) is 5.82 Å². The minimum atomic E-state index is -0.367. The quantitative estimate of drug-likeness (QED) is 0.786. The lowest BCUT2D eigenvalue weighted by Crippen LogP contribution is -2.58. The molecule has 88 valence electrons. The van der Waals surface area contributed by atoms with Gasteiger partial charge in [0, 0.05) is 24.8 Å². The van der Waals surface area contributed by atoms with Crippen molar-refractivity contribution in [1.29, 1.82) is 0 Å². The SMILES string of the molecule is Cl.NC1CN(C(=O)Nc2cccc(F)c2)C1. The zero-order valence-electron chi connectivity index (χ0n) is 8.52. The Hall–Kier alpha value is -1.33. The molecule has 0 saturated carbocycles. The van der Waals surface area contributed by atoms with Gasteiger partial charge >= 0.3 is 6.03 Å². The number of likely N-dealkylation sites (tertiary alicyclic amines) is 1. The van der Waals surface area contributed by atoms with Crippen molar-refractivity contribution in [1.82, 2.24) is 4.90 Å². The molecular formula is C10H13ClFN3O. The van der Waals surface area contributed by atoms with Gasteiger partial charge < -0.3 is 16.0 Å². The molecule has 0 aromatic heterocycles. The van der Waals surface area contributed by atoms with Gasteiger partial charge in [-0.1, -0.05) is 6.07 Å². The van der Waals surface area contributed by atoms with Gasteiger partial charge in [-0.2, -0.15) is 0 Å². The highest BCUT2D eigenvalue weighted by molar-refractivity contribution is 5.89. The number of benzene rings is 1. The first-order valence-corrected chi connectivity index (χ1v) is 4.72. The van der Waals surface area contributed by atoms with E-state index in [1.54, 1.807) is 17.0 Å². The fraction of sp³-hybridized carbons (Fsp3) is 0.300. The molecule has 0 radical (unpaired) electrons. The van der Waals surface area contributed by atoms with Gasteiger partial charge in [0.25, 0.3) is 0 Å². The van der Waals surface area contributed by atoms with Crippen molar-refractivity contribution in [2.75, 3.05) is 18.4 Å². The van der Waals surface area contributed by atoms with E-state index in [1.807, 2.05) is 0 Å². The Labute approximate surface area is 99.0 Å². The monoisotopic (exact) mass is 245 g/mol. The molecular weight excluding hydrogens is 233 g/mol. The molecule has 6 heteroatoms. The second kappa shape index (κ2) is 5.14. The van der Waals surface area contributed by atoms with Crippen molar-refractivity contribution in [3.8, 4) is 0 Å². The van der Waals surface area contributed by atoms with Crippen LogP contribution in [0.25, 0.3) is 0 Å². The highest BCUT2D eigenvalue weighted by Gasteiger charge is 2.27. The minimum Gasteiger partial charge on any atom is -0.325 e. The lowest BCUT2D eigenvalue weighted by molar-refractivity contribution is 0.165. The summed E-state index contributed by atoms with van der Waals surface area (Å²) in [6.45, 7) is 1.11. The van der Waals surface area contributed by atoms with Crippen LogP contribution in [-0.4, -0.2) is 30.1 Å². The number of rotatable bonds is 1. The van der Waals surface area contributed by atoms with Crippen LogP contribution in [0, 0.1) is 5.82 Å². The van der Waals surface area contributed by atoms with Gasteiger partial charge in [-0.25, -0.2) is 9.18 Å². The maximum atomic E-state index is 12.8. The van der Waals surface area contributed by atoms with E-state index in [0.29, 0.717) is 18.8 Å². The van der Waals surface area contributed by atoms with E-state index in [9.17, 15) is 9.18 Å². The Morgan fingerprint density at radius 3 is 2.75 bits per heavy atom. The zero-order valence-corrected chi connectivity index (χ0v) is 9.34. The third kappa shape index (κ3) is 2.84. The van der Waals surface area contributed by atoms with Gasteiger partial charge in [0.05, 0.1) is 0 Å². The van der Waals surface area contributed by atoms with Gasteiger partial charge in [-0.05, 0) is 18.2 Å². The summed E-state index contributed by atoms with van der Waals surface area (Å²) in [5.74, 6) is -0.367. The first-order chi connectivity index (χ1) is 7.15. The molecule has 2 amide bonds. The van der Waals surface area contributed by atoms with Gasteiger partial charge in [0.15, 0.2) is 0 Å². The Balaban J connectivity index is 0.00000128. The molecule has 2 rings (SSSR count). The van der Waals surface area contributed by atoms with Crippen LogP contribution in [0.3, 0.4) is 0 Å². The smallest absolute Gasteiger partial charge is 0.321 e. The van der Waals surface area contributed by atoms with Crippen LogP contribution in [0.5, 0.6) is 0 Å². The topological polar surface area (TPSA) is 58.4 Å². The second-order valence-corrected chi connectivity index (χ2v) is 3.61. The number of nitrogens with one attached hydrogen (secondary N) is 1. The number of carbonyl (C=O) groups is 1. The molecule has 3 N–H and O–H groups in total. The molecule has 0 atom stereocenters. The van der Waals surface area contributed by atoms with E-state index in [0.717, 1.165) is 0 Å². The standard InChI is InChI=1S/C10H12FN3O.ClH/c11-7-2-1-3-9(4-7)13-10(15)14-5-8(12)6-14;/h1-4,8H,5-6,12H2,(H,13,15);1H. The van der Waals surface area contributed by atoms with Crippen LogP contribution in [-0.2, 0) is 0 Å². The Morgan fingerprint density at radius 1 is 1.50 bits per heavy atom. The van der Waals surface area contributed by atoms with Crippen molar-refractivity contribution < 1.29 is 9.18 Å². The average Bonchev–Trinajstić information content (AvgIpc) is 2.13. The molecule has 0 bridgehead atoms. The number of nitrogens with zero attached hydrogens (tertiary/aromatic N) is 1. The number of carbonyl (C=O) groups excluding carboxylic acids is 1. The van der Waals surface area contributed by atoms with E-state index in [-0.39, 0.29) is 30.3 Å². The largest absolute Gasteiger partial charge is 0.325 e. The average molecular weight is 246 g/mol. The van der Waals surface area contributed by atoms with Crippen LogP contribution in [0.15, 0.2) is 24.3 Å². The molecule has 0 unspecified atom stereocenters. The summed E-state index contributed by atoms with van der Waals surface area (Å²) in [6, 6.07) is 5.63. The number of nitrogens with two attached hydrogens (primary N) is 1. The fourth-order valence-electron chi connectivity index (χ4n) is 1.45. The number of hydrogen-bond donors (Lipinski definition) is 2. The summed E-state index contributed by atoms with van der Waals surface area (Å²) in [7, 11) is 0. The molecule has 1 fully saturated rings. The van der Waals surface area contributed by atoms with Gasteiger partial charge in [-0.3, -0.25) is 0 Å². The van der Waals surface area contributed by atoms with E-state index < -0.39 is 0 Å². The predicted octanol–water partition coefficient (Wildman–Crippen LogP) is 1.42. The number of halogens is 2. The second-order valence-electron chi connectivity index (χ2n) is 3.61. The lowest BCUT2D eigenvalue weighted by Gasteiger charge is -2.36. The fourth-order valence-corrected chi connectivity index (χ4v) is 1.45. The number of amides is 2. The lowest BCUT2D eigenvalue weighted by atomic mass is 10.1. The van der Waals surface area contributed by atoms with E-state index in [4.69, 9.17) is 5.73 Å². The Bertz CT molecular complexity index is 382. The van der Waals surface area contributed by atoms with E-state index >= 15 is 0 Å². The van der Waals surface area contributed by atoms with Crippen LogP contribution in [0.2, 0.25) is 0 Å². The molecule has 4 nitrogen and oxygen atoms in total. The number of urea groups is 1. The molecule has 1 heterocycles. The third-order valence-corrected chi connectivity index (χ3v) is 2.27. The molecule has 1 saturated heterocycles. The number of anilines is 1. The summed E-state index contributed by atoms with van der Waals surface area (Å²) in [5, 5.41) is 2.60. The van der Waals surface area contributed by atoms with E-state index in [2.05, 4.69) is 5.32 Å². The first-order valence-electron chi connectivity index (χ1n) is 4.72. The number of hydrogen-bond acceptors (Lipinski definition) is 2. The summed E-state index contributed by atoms with van der Waals surface area (Å²) in [4.78, 5) is 13.1. The molecule has 0 spiro atoms. The first kappa shape index (κ1) is 12.7. The van der Waals surface area contributed by atoms with Gasteiger partial charge in [-0.15, -0.1) is 12.4 Å². The van der Waals surface area contributed by atoms with Gasteiger partial charge in [0.2, 0.25) is 0 Å². The zero-order chi connectivity index (χ0) is 10.8. The van der Waals surface area contributed by atoms with Crippen molar-refractivity contribution in [2.45, 2.75) is 6.04 Å². The molecule has 1 aliphatic rings. The highest BCUT2D eigenvalue weighted by atomic mass is 35.5. The molecule has 1 aromatic rings. The van der Waals surface area contributed by atoms with Crippen molar-refractivity contribution in [3.63, 3.8) is 0 Å². The molecule has 16 heavy (non-hydrogen) atoms. The van der Waals surface area contributed by atoms with Crippen LogP contribution in [0.4, 0.5) is 14.9 Å². The summed E-state index contributed by atoms with van der Waals surface area (Å²) in [5.41, 5.74) is 6.00. The van der Waals surface area contributed by atoms with E-state index in [1.165, 1.54) is 12.1 Å². The normalized spacial score (nSPS) is 15.0. The van der Waals surface area contributed by atoms with Crippen LogP contribution < -0.4 is 11.1 Å². The Kier molecular flexibility index (Phi) is 4.09. The molecule has 1 aromatic carbocycles. The Morgan fingerprint density at radius 2 is 2.19 bits per heavy atom. The molecule has 0 aliphatic carbocycles. The third-order valence-electron chi connectivity index (χ3n) is 2.27. The minimum absolute atomic E-state index is 0. The predicted molar refractivity (Wildman–Crippen MR) is 62.2 cm³/mol. The highest BCUT2D eigenvalue weighted by Crippen LogP contribution is 2.12. The van der Waals surface area contributed by atoms with Crippen LogP contribution >= 0.6 is 12.4 Å². The molecule has 1 aliphatic heterocycles. The van der Waals surface area contributed by atoms with Crippen molar-refractivity contribution >= 4 is 24.1 Å². The maximum Gasteiger partial charge on any atom is 0.321 e. The summed E-state index contributed by atoms with van der Waals surface area (Å²) in [6.07, 6.45) is 0. The van der Waals surface area contributed by atoms with Crippen molar-refractivity contribution in [2.24, 2.45) is 5.73 Å².